The number of nitrogens with one attached hydrogen (secondary N) is 1. The minimum atomic E-state index is -1.94. The van der Waals surface area contributed by atoms with Gasteiger partial charge < -0.3 is 54.3 Å². The maximum absolute atomic E-state index is 14.1. The Labute approximate surface area is 322 Å². The summed E-state index contributed by atoms with van der Waals surface area (Å²) in [6, 6.07) is 9.72. The van der Waals surface area contributed by atoms with Gasteiger partial charge in [-0.3, -0.25) is 9.59 Å². The van der Waals surface area contributed by atoms with Gasteiger partial charge in [-0.1, -0.05) is 58.0 Å². The fourth-order valence-electron chi connectivity index (χ4n) is 8.70. The highest BCUT2D eigenvalue weighted by atomic mass is 16.7. The smallest absolute Gasteiger partial charge is 0.311 e. The summed E-state index contributed by atoms with van der Waals surface area (Å²) >= 11 is 0. The Morgan fingerprint density at radius 3 is 2.28 bits per heavy atom. The molecule has 0 saturated carbocycles. The lowest BCUT2D eigenvalue weighted by Crippen LogP contribution is -2.60. The fourth-order valence-corrected chi connectivity index (χ4v) is 8.70. The molecular formula is C41H68N2O11. The van der Waals surface area contributed by atoms with Crippen LogP contribution in [0.1, 0.15) is 80.2 Å². The fraction of sp³-hybridized carbons (Fsp3) is 0.805. The molecule has 4 rings (SSSR count). The highest BCUT2D eigenvalue weighted by molar-refractivity contribution is 5.83. The molecule has 3 heterocycles. The van der Waals surface area contributed by atoms with Crippen LogP contribution in [0.5, 0.6) is 0 Å². The number of hydrogen-bond donors (Lipinski definition) is 5. The first-order chi connectivity index (χ1) is 25.2. The van der Waals surface area contributed by atoms with Crippen LogP contribution in [0.4, 0.5) is 0 Å². The van der Waals surface area contributed by atoms with E-state index in [0.29, 0.717) is 13.0 Å². The summed E-state index contributed by atoms with van der Waals surface area (Å²) in [6.07, 6.45) is -5.38. The Morgan fingerprint density at radius 1 is 0.981 bits per heavy atom. The zero-order valence-corrected chi connectivity index (χ0v) is 34.1. The number of esters is 1. The number of carbonyl (C=O) groups excluding carboxylic acids is 2. The van der Waals surface area contributed by atoms with E-state index in [4.69, 9.17) is 23.7 Å². The van der Waals surface area contributed by atoms with Crippen LogP contribution in [0, 0.1) is 23.7 Å². The molecule has 0 aliphatic carbocycles. The summed E-state index contributed by atoms with van der Waals surface area (Å²) in [4.78, 5) is 30.2. The highest BCUT2D eigenvalue weighted by Gasteiger charge is 2.54. The Bertz CT molecular complexity index is 1370. The van der Waals surface area contributed by atoms with E-state index >= 15 is 0 Å². The quantitative estimate of drug-likeness (QED) is 0.183. The number of rotatable bonds is 9. The van der Waals surface area contributed by atoms with Crippen LogP contribution in [0.3, 0.4) is 0 Å². The molecule has 1 unspecified atom stereocenters. The molecule has 1 aromatic carbocycles. The number of fused-ring (bicyclic) bond motifs is 3. The third-order valence-electron chi connectivity index (χ3n) is 12.1. The number of ketones is 1. The van der Waals surface area contributed by atoms with Crippen LogP contribution in [-0.2, 0) is 39.7 Å². The first-order valence-electron chi connectivity index (χ1n) is 19.8. The molecule has 0 amide bonds. The molecule has 2 bridgehead atoms. The highest BCUT2D eigenvalue weighted by Crippen LogP contribution is 2.41. The molecule has 3 fully saturated rings. The second-order valence-electron chi connectivity index (χ2n) is 17.1. The monoisotopic (exact) mass is 764 g/mol. The Balaban J connectivity index is 1.80. The maximum Gasteiger partial charge on any atom is 0.311 e. The van der Waals surface area contributed by atoms with Crippen LogP contribution in [0.25, 0.3) is 0 Å². The van der Waals surface area contributed by atoms with Crippen molar-refractivity contribution >= 4 is 11.8 Å². The first kappa shape index (κ1) is 44.7. The minimum absolute atomic E-state index is 0.0792. The number of aliphatic hydroxyl groups is 4. The molecule has 15 atom stereocenters. The second-order valence-corrected chi connectivity index (χ2v) is 17.1. The number of ether oxygens (including phenoxy) is 5. The van der Waals surface area contributed by atoms with Crippen molar-refractivity contribution in [3.63, 3.8) is 0 Å². The molecule has 54 heavy (non-hydrogen) atoms. The van der Waals surface area contributed by atoms with Gasteiger partial charge in [-0.15, -0.1) is 0 Å². The molecule has 308 valence electrons. The molecule has 1 aromatic rings. The van der Waals surface area contributed by atoms with Crippen molar-refractivity contribution in [3.8, 4) is 0 Å². The predicted molar refractivity (Wildman–Crippen MR) is 202 cm³/mol. The van der Waals surface area contributed by atoms with Crippen molar-refractivity contribution in [2.75, 3.05) is 40.4 Å². The zero-order chi connectivity index (χ0) is 40.2. The standard InChI is InChI=1S/C41H68N2O11/c1-11-31-40(8,48)35(46)26(4)32(44)24(2)20-39(7)36(54-38-33(45)30(43(9)10)19-25(3)52-38)27(5)34(28(6)37(47)53-31)50-22-41(49,23-51-39)21-42-18-17-29-15-13-12-14-16-29/h12-16,24-28,30-31,33-36,38,42,45-46,48-49H,11,17-23H2,1-10H3/t24-,25-,26+,27-,28-,30+,31-,33-,34+,35+,36-,38-,39-,40-,41?/m1/s1. The first-order valence-corrected chi connectivity index (χ1v) is 19.8. The number of aliphatic hydroxyl groups excluding tert-OH is 2. The lowest BCUT2D eigenvalue weighted by atomic mass is 9.74. The molecule has 3 aliphatic rings. The number of Topliss-reactive ketones (excluding diaryl/α,β-unsaturated/α-hetero) is 1. The topological polar surface area (TPSA) is 176 Å². The van der Waals surface area contributed by atoms with Gasteiger partial charge in [-0.25, -0.2) is 0 Å². The minimum Gasteiger partial charge on any atom is -0.459 e. The molecule has 0 radical (unpaired) electrons. The van der Waals surface area contributed by atoms with Crippen LogP contribution >= 0.6 is 0 Å². The number of hydrogen-bond acceptors (Lipinski definition) is 13. The van der Waals surface area contributed by atoms with Crippen LogP contribution in [0.2, 0.25) is 0 Å². The van der Waals surface area contributed by atoms with Crippen LogP contribution < -0.4 is 5.32 Å². The van der Waals surface area contributed by atoms with E-state index in [9.17, 15) is 30.0 Å². The van der Waals surface area contributed by atoms with Gasteiger partial charge in [0.15, 0.2) is 6.29 Å². The van der Waals surface area contributed by atoms with Gasteiger partial charge in [0.1, 0.15) is 29.2 Å². The molecule has 0 aromatic heterocycles. The van der Waals surface area contributed by atoms with E-state index in [1.165, 1.54) is 6.92 Å². The number of likely N-dealkylation sites (N-methyl/N-ethyl adjacent to an activating group) is 1. The van der Waals surface area contributed by atoms with Gasteiger partial charge in [0.25, 0.3) is 0 Å². The van der Waals surface area contributed by atoms with E-state index in [2.05, 4.69) is 5.32 Å². The van der Waals surface area contributed by atoms with Gasteiger partial charge in [-0.2, -0.15) is 0 Å². The van der Waals surface area contributed by atoms with Gasteiger partial charge in [-0.05, 0) is 79.6 Å². The zero-order valence-electron chi connectivity index (χ0n) is 34.1. The summed E-state index contributed by atoms with van der Waals surface area (Å²) in [5, 5.41) is 50.2. The largest absolute Gasteiger partial charge is 0.459 e. The molecule has 3 saturated heterocycles. The van der Waals surface area contributed by atoms with Crippen molar-refractivity contribution < 1.29 is 53.7 Å². The summed E-state index contributed by atoms with van der Waals surface area (Å²) < 4.78 is 32.4. The van der Waals surface area contributed by atoms with E-state index in [-0.39, 0.29) is 50.5 Å². The molecule has 13 heteroatoms. The number of carbonyl (C=O) groups is 2. The third kappa shape index (κ3) is 10.3. The summed E-state index contributed by atoms with van der Waals surface area (Å²) in [7, 11) is 3.77. The average Bonchev–Trinajstić information content (AvgIpc) is 3.16. The van der Waals surface area contributed by atoms with Gasteiger partial charge in [0, 0.05) is 30.3 Å². The van der Waals surface area contributed by atoms with E-state index in [1.54, 1.807) is 27.7 Å². The van der Waals surface area contributed by atoms with Crippen molar-refractivity contribution in [1.29, 1.82) is 0 Å². The van der Waals surface area contributed by atoms with Gasteiger partial charge in [0.05, 0.1) is 49.1 Å². The third-order valence-corrected chi connectivity index (χ3v) is 12.1. The Morgan fingerprint density at radius 2 is 1.65 bits per heavy atom. The molecule has 13 nitrogen and oxygen atoms in total. The number of nitrogens with zero attached hydrogens (tertiary/aromatic N) is 1. The van der Waals surface area contributed by atoms with Crippen molar-refractivity contribution in [1.82, 2.24) is 10.2 Å². The second kappa shape index (κ2) is 18.5. The summed E-state index contributed by atoms with van der Waals surface area (Å²) in [5.74, 6) is -4.37. The lowest BCUT2D eigenvalue weighted by molar-refractivity contribution is -0.303. The lowest BCUT2D eigenvalue weighted by Gasteiger charge is -2.48. The number of cyclic esters (lactones) is 1. The average molecular weight is 765 g/mol. The van der Waals surface area contributed by atoms with Crippen molar-refractivity contribution in [2.24, 2.45) is 23.7 Å². The molecule has 0 spiro atoms. The molecule has 5 N–H and O–H groups in total. The predicted octanol–water partition coefficient (Wildman–Crippen LogP) is 2.49. The van der Waals surface area contributed by atoms with Crippen molar-refractivity contribution in [3.05, 3.63) is 35.9 Å². The summed E-state index contributed by atoms with van der Waals surface area (Å²) in [6.45, 7) is 13.9. The van der Waals surface area contributed by atoms with Crippen LogP contribution in [-0.4, -0.2) is 143 Å². The summed E-state index contributed by atoms with van der Waals surface area (Å²) in [5.41, 5.74) is -3.70. The number of benzene rings is 1. The Hall–Kier alpha value is -2.04. The van der Waals surface area contributed by atoms with Crippen LogP contribution in [0.15, 0.2) is 30.3 Å². The molecule has 3 aliphatic heterocycles. The maximum atomic E-state index is 14.1. The Kier molecular flexibility index (Phi) is 15.3. The molecular weight excluding hydrogens is 696 g/mol. The van der Waals surface area contributed by atoms with Crippen molar-refractivity contribution in [2.45, 2.75) is 147 Å². The van der Waals surface area contributed by atoms with Gasteiger partial charge >= 0.3 is 5.97 Å². The van der Waals surface area contributed by atoms with E-state index in [0.717, 1.165) is 12.0 Å². The van der Waals surface area contributed by atoms with E-state index in [1.807, 2.05) is 70.1 Å². The van der Waals surface area contributed by atoms with E-state index < -0.39 is 83.3 Å². The SMILES string of the molecule is CC[C@H]1OC(=O)[C@H](C)[C@H]2OCC(O)(CNCCc3ccccc3)CO[C@](C)(C[C@@H](C)C(=O)[C@H](C)[C@H](O)[C@]1(C)O)[C@H](O[C@H]1O[C@H](C)C[C@H](N(C)C)[C@H]1O)[C@@H]2C. The normalized spacial score (nSPS) is 43.2. The van der Waals surface area contributed by atoms with Gasteiger partial charge in [0.2, 0.25) is 0 Å².